The van der Waals surface area contributed by atoms with Crippen LogP contribution in [0, 0.1) is 0 Å². The monoisotopic (exact) mass is 654 g/mol. The minimum atomic E-state index is -9.36. The van der Waals surface area contributed by atoms with E-state index in [2.05, 4.69) is 4.74 Å². The lowest BCUT2D eigenvalue weighted by atomic mass is 9.87. The molecule has 0 aromatic heterocycles. The van der Waals surface area contributed by atoms with Crippen LogP contribution in [-0.4, -0.2) is 72.3 Å². The van der Waals surface area contributed by atoms with E-state index in [1.165, 1.54) is 0 Å². The maximum absolute atomic E-state index is 13.7. The highest BCUT2D eigenvalue weighted by atomic mass is 19.4. The smallest absolute Gasteiger partial charge is 0.460 e. The van der Waals surface area contributed by atoms with Gasteiger partial charge in [0.25, 0.3) is 0 Å². The fourth-order valence-corrected chi connectivity index (χ4v) is 2.19. The topological polar surface area (TPSA) is 26.3 Å². The molecule has 238 valence electrons. The number of hydrogen-bond donors (Lipinski definition) is 0. The summed E-state index contributed by atoms with van der Waals surface area (Å²) in [5.41, 5.74) is -4.34. The number of carbonyl (C=O) groups excluding carboxylic acids is 1. The van der Waals surface area contributed by atoms with E-state index in [4.69, 9.17) is 0 Å². The van der Waals surface area contributed by atoms with Crippen molar-refractivity contribution in [3.05, 3.63) is 11.4 Å². The van der Waals surface area contributed by atoms with Crippen LogP contribution in [0.5, 0.6) is 0 Å². The Morgan fingerprint density at radius 2 is 0.775 bits per heavy atom. The predicted molar refractivity (Wildman–Crippen MR) is 76.5 cm³/mol. The third-order valence-electron chi connectivity index (χ3n) is 4.37. The molecule has 0 radical (unpaired) electrons. The van der Waals surface area contributed by atoms with Gasteiger partial charge in [-0.2, -0.15) is 96.6 Å². The van der Waals surface area contributed by atoms with Crippen LogP contribution in [0.15, 0.2) is 11.4 Å². The highest BCUT2D eigenvalue weighted by Gasteiger charge is 2.97. The van der Waals surface area contributed by atoms with Gasteiger partial charge in [0.15, 0.2) is 11.4 Å². The second-order valence-corrected chi connectivity index (χ2v) is 7.00. The van der Waals surface area contributed by atoms with Crippen LogP contribution in [-0.2, 0) is 9.53 Å². The van der Waals surface area contributed by atoms with Crippen LogP contribution in [0.1, 0.15) is 6.92 Å². The maximum atomic E-state index is 13.7. The number of ether oxygens (including phenoxy) is 1. The largest absolute Gasteiger partial charge is 0.462 e. The molecule has 2 nitrogen and oxygen atoms in total. The first-order chi connectivity index (χ1) is 17.0. The first-order valence-corrected chi connectivity index (χ1v) is 8.75. The van der Waals surface area contributed by atoms with Gasteiger partial charge in [-0.3, -0.25) is 0 Å². The Labute approximate surface area is 202 Å². The molecule has 25 heteroatoms. The number of esters is 1. The molecule has 0 amide bonds. The van der Waals surface area contributed by atoms with Crippen molar-refractivity contribution in [2.75, 3.05) is 6.61 Å². The lowest BCUT2D eigenvalue weighted by Crippen LogP contribution is -2.75. The molecule has 40 heavy (non-hydrogen) atoms. The first kappa shape index (κ1) is 37.6. The fourth-order valence-electron chi connectivity index (χ4n) is 2.19. The second kappa shape index (κ2) is 9.86. The van der Waals surface area contributed by atoms with Crippen molar-refractivity contribution >= 4 is 5.97 Å². The molecule has 0 bridgehead atoms. The third kappa shape index (κ3) is 4.97. The number of hydrogen-bond acceptors (Lipinski definition) is 2. The van der Waals surface area contributed by atoms with Crippen molar-refractivity contribution < 1.29 is 111 Å². The molecule has 0 atom stereocenters. The zero-order valence-corrected chi connectivity index (χ0v) is 17.7. The first-order valence-electron chi connectivity index (χ1n) is 8.75. The van der Waals surface area contributed by atoms with Gasteiger partial charge >= 0.3 is 65.7 Å². The fraction of sp³-hybridized carbons (Fsp3) is 0.800. The Bertz CT molecular complexity index is 981. The summed E-state index contributed by atoms with van der Waals surface area (Å²) in [6, 6.07) is 0. The normalized spacial score (nSPS) is 16.6. The van der Waals surface area contributed by atoms with Crippen molar-refractivity contribution in [3.8, 4) is 0 Å². The molecule has 0 rings (SSSR count). The molecule has 0 unspecified atom stereocenters. The van der Waals surface area contributed by atoms with Gasteiger partial charge in [-0.15, -0.1) is 0 Å². The summed E-state index contributed by atoms with van der Waals surface area (Å²) < 4.78 is 305. The van der Waals surface area contributed by atoms with Gasteiger partial charge in [0.2, 0.25) is 0 Å². The predicted octanol–water partition coefficient (Wildman–Crippen LogP) is 7.98. The van der Waals surface area contributed by atoms with Gasteiger partial charge in [-0.05, 0) is 6.92 Å². The highest BCUT2D eigenvalue weighted by molar-refractivity contribution is 5.90. The van der Waals surface area contributed by atoms with Gasteiger partial charge in [0, 0.05) is 0 Å². The van der Waals surface area contributed by atoms with E-state index in [0.717, 1.165) is 0 Å². The average molecular weight is 654 g/mol. The van der Waals surface area contributed by atoms with E-state index < -0.39 is 83.7 Å². The van der Waals surface area contributed by atoms with Crippen molar-refractivity contribution in [1.29, 1.82) is 0 Å². The van der Waals surface area contributed by atoms with Crippen LogP contribution >= 0.6 is 0 Å². The van der Waals surface area contributed by atoms with Gasteiger partial charge in [0.1, 0.15) is 0 Å². The summed E-state index contributed by atoms with van der Waals surface area (Å²) in [4.78, 5) is 11.0. The molecule has 0 N–H and O–H groups in total. The van der Waals surface area contributed by atoms with Crippen molar-refractivity contribution in [3.63, 3.8) is 0 Å². The molecule has 0 aliphatic carbocycles. The summed E-state index contributed by atoms with van der Waals surface area (Å²) in [6.45, 7) is -0.869. The standard InChI is InChI=1S/C15H5F23O2/c1-2-40-5(39)3(7(19,20)21)4(16)6(17,18)8(22,23)9(24,25)10(26,27)11(28,29)12(30,31)13(32,33)14(34,35)15(36,37)38/h2H2,1H3. The van der Waals surface area contributed by atoms with E-state index in [0.29, 0.717) is 6.92 Å². The third-order valence-corrected chi connectivity index (χ3v) is 4.37. The molecule has 0 aromatic carbocycles. The van der Waals surface area contributed by atoms with Crippen molar-refractivity contribution in [2.45, 2.75) is 66.7 Å². The zero-order valence-electron chi connectivity index (χ0n) is 17.7. The number of halogens is 23. The minimum absolute atomic E-state index is 0.506. The van der Waals surface area contributed by atoms with Crippen molar-refractivity contribution in [2.24, 2.45) is 0 Å². The van der Waals surface area contributed by atoms with E-state index in [1.54, 1.807) is 0 Å². The van der Waals surface area contributed by atoms with Crippen LogP contribution in [0.4, 0.5) is 101 Å². The van der Waals surface area contributed by atoms with Crippen LogP contribution in [0.2, 0.25) is 0 Å². The Morgan fingerprint density at radius 3 is 1.02 bits per heavy atom. The minimum Gasteiger partial charge on any atom is -0.462 e. The van der Waals surface area contributed by atoms with Crippen LogP contribution in [0.25, 0.3) is 0 Å². The average Bonchev–Trinajstić information content (AvgIpc) is 2.70. The molecule has 0 saturated heterocycles. The Hall–Kier alpha value is -2.40. The Morgan fingerprint density at radius 1 is 0.500 bits per heavy atom. The molecule has 0 saturated carbocycles. The summed E-state index contributed by atoms with van der Waals surface area (Å²) in [6.07, 6.45) is -15.1. The molecule has 0 aliphatic heterocycles. The van der Waals surface area contributed by atoms with Gasteiger partial charge < -0.3 is 4.74 Å². The van der Waals surface area contributed by atoms with Gasteiger partial charge in [0.05, 0.1) is 6.61 Å². The maximum Gasteiger partial charge on any atom is 0.460 e. The summed E-state index contributed by atoms with van der Waals surface area (Å²) in [7, 11) is 0. The molecule has 0 aromatic rings. The Balaban J connectivity index is 7.41. The van der Waals surface area contributed by atoms with E-state index >= 15 is 0 Å². The quantitative estimate of drug-likeness (QED) is 0.136. The second-order valence-electron chi connectivity index (χ2n) is 7.00. The molecule has 0 aliphatic rings. The van der Waals surface area contributed by atoms with Crippen LogP contribution in [0.3, 0.4) is 0 Å². The zero-order chi connectivity index (χ0) is 33.1. The van der Waals surface area contributed by atoms with E-state index in [-0.39, 0.29) is 0 Å². The number of rotatable bonds is 10. The SMILES string of the molecule is CCOC(=O)C(=C(F)C(F)(F)C(F)(F)C(F)(F)C(F)(F)C(F)(F)C(F)(F)C(F)(F)C(F)(F)C(F)(F)F)C(F)(F)F. The number of allylic oxidation sites excluding steroid dienone is 1. The Kier molecular flexibility index (Phi) is 9.27. The van der Waals surface area contributed by atoms with Gasteiger partial charge in [-0.1, -0.05) is 0 Å². The molecule has 0 heterocycles. The van der Waals surface area contributed by atoms with Crippen molar-refractivity contribution in [1.82, 2.24) is 0 Å². The van der Waals surface area contributed by atoms with Crippen LogP contribution < -0.4 is 0 Å². The highest BCUT2D eigenvalue weighted by Crippen LogP contribution is 2.66. The lowest BCUT2D eigenvalue weighted by Gasteiger charge is -2.43. The van der Waals surface area contributed by atoms with E-state index in [9.17, 15) is 106 Å². The summed E-state index contributed by atoms with van der Waals surface area (Å²) in [5, 5.41) is 0. The summed E-state index contributed by atoms with van der Waals surface area (Å²) in [5.74, 6) is -80.7. The van der Waals surface area contributed by atoms with Gasteiger partial charge in [-0.25, -0.2) is 9.18 Å². The number of alkyl halides is 22. The molecular formula is C15H5F23O2. The molecule has 0 fully saturated rings. The number of carbonyl (C=O) groups is 1. The summed E-state index contributed by atoms with van der Waals surface area (Å²) >= 11 is 0. The lowest BCUT2D eigenvalue weighted by molar-refractivity contribution is -0.467. The molecular weight excluding hydrogens is 649 g/mol. The van der Waals surface area contributed by atoms with E-state index in [1.807, 2.05) is 0 Å². The molecule has 0 spiro atoms.